The van der Waals surface area contributed by atoms with Crippen molar-refractivity contribution in [1.29, 1.82) is 0 Å². The normalized spacial score (nSPS) is 16.9. The van der Waals surface area contributed by atoms with Crippen LogP contribution >= 0.6 is 23.8 Å². The van der Waals surface area contributed by atoms with Gasteiger partial charge in [0.05, 0.1) is 10.6 Å². The monoisotopic (exact) mass is 427 g/mol. The van der Waals surface area contributed by atoms with Crippen molar-refractivity contribution < 1.29 is 14.4 Å². The summed E-state index contributed by atoms with van der Waals surface area (Å²) < 4.78 is 0. The molecule has 2 amide bonds. The van der Waals surface area contributed by atoms with Crippen molar-refractivity contribution in [3.8, 4) is 0 Å². The van der Waals surface area contributed by atoms with Crippen LogP contribution in [0.2, 0.25) is 5.02 Å². The molecule has 1 aliphatic heterocycles. The lowest BCUT2D eigenvalue weighted by Crippen LogP contribution is -2.52. The van der Waals surface area contributed by atoms with Gasteiger partial charge in [0, 0.05) is 60.1 Å². The van der Waals surface area contributed by atoms with Crippen LogP contribution in [0.5, 0.6) is 0 Å². The van der Waals surface area contributed by atoms with Crippen molar-refractivity contribution >= 4 is 57.2 Å². The lowest BCUT2D eigenvalue weighted by atomic mass is 10.0. The summed E-state index contributed by atoms with van der Waals surface area (Å²) in [5, 5.41) is 0.970. The van der Waals surface area contributed by atoms with Gasteiger partial charge >= 0.3 is 0 Å². The van der Waals surface area contributed by atoms with Crippen LogP contribution in [-0.2, 0) is 9.59 Å². The van der Waals surface area contributed by atoms with Crippen LogP contribution < -0.4 is 0 Å². The molecule has 2 aliphatic rings. The molecule has 6 nitrogen and oxygen atoms in total. The second-order valence-electron chi connectivity index (χ2n) is 6.97. The highest BCUT2D eigenvalue weighted by atomic mass is 35.5. The predicted molar refractivity (Wildman–Crippen MR) is 115 cm³/mol. The first kappa shape index (κ1) is 19.5. The van der Waals surface area contributed by atoms with Crippen LogP contribution in [0.4, 0.5) is 0 Å². The molecule has 0 bridgehead atoms. The summed E-state index contributed by atoms with van der Waals surface area (Å²) in [6.45, 7) is 1.36. The molecule has 1 aliphatic carbocycles. The zero-order chi connectivity index (χ0) is 20.5. The van der Waals surface area contributed by atoms with Crippen molar-refractivity contribution in [3.05, 3.63) is 58.8 Å². The van der Waals surface area contributed by atoms with Gasteiger partial charge in [-0.25, -0.2) is 0 Å². The van der Waals surface area contributed by atoms with Gasteiger partial charge in [-0.05, 0) is 18.2 Å². The van der Waals surface area contributed by atoms with E-state index in [0.29, 0.717) is 54.1 Å². The van der Waals surface area contributed by atoms with E-state index in [4.69, 9.17) is 23.8 Å². The lowest BCUT2D eigenvalue weighted by Gasteiger charge is -2.35. The number of benzene rings is 1. The highest BCUT2D eigenvalue weighted by Gasteiger charge is 2.31. The zero-order valence-electron chi connectivity index (χ0n) is 15.5. The molecule has 1 aromatic carbocycles. The van der Waals surface area contributed by atoms with Crippen molar-refractivity contribution in [1.82, 2.24) is 14.8 Å². The molecule has 0 atom stereocenters. The highest BCUT2D eigenvalue weighted by molar-refractivity contribution is 7.80. The minimum Gasteiger partial charge on any atom is -0.360 e. The Morgan fingerprint density at radius 1 is 1.07 bits per heavy atom. The minimum atomic E-state index is -0.602. The molecule has 29 heavy (non-hydrogen) atoms. The molecule has 2 heterocycles. The molecule has 0 saturated carbocycles. The first-order chi connectivity index (χ1) is 14.0. The first-order valence-electron chi connectivity index (χ1n) is 9.24. The average Bonchev–Trinajstić information content (AvgIpc) is 3.18. The Bertz CT molecular complexity index is 1090. The van der Waals surface area contributed by atoms with Gasteiger partial charge in [0.2, 0.25) is 5.91 Å². The summed E-state index contributed by atoms with van der Waals surface area (Å²) >= 11 is 11.4. The Labute approximate surface area is 177 Å². The molecular weight excluding hydrogens is 410 g/mol. The van der Waals surface area contributed by atoms with E-state index in [9.17, 15) is 14.4 Å². The second-order valence-corrected chi connectivity index (χ2v) is 7.90. The number of fused-ring (bicyclic) bond motifs is 1. The number of piperazine rings is 1. The predicted octanol–water partition coefficient (Wildman–Crippen LogP) is 2.93. The largest absolute Gasteiger partial charge is 0.360 e. The number of allylic oxidation sites excluding steroid dienone is 3. The molecule has 4 rings (SSSR count). The third-order valence-corrected chi connectivity index (χ3v) is 5.76. The van der Waals surface area contributed by atoms with E-state index < -0.39 is 11.7 Å². The fourth-order valence-electron chi connectivity index (χ4n) is 3.62. The van der Waals surface area contributed by atoms with Crippen LogP contribution in [-0.4, -0.2) is 63.4 Å². The quantitative estimate of drug-likeness (QED) is 0.464. The number of H-pyrrole nitrogens is 1. The maximum Gasteiger partial charge on any atom is 0.295 e. The van der Waals surface area contributed by atoms with Crippen molar-refractivity contribution in [2.75, 3.05) is 26.2 Å². The Balaban J connectivity index is 1.43. The molecule has 8 heteroatoms. The second kappa shape index (κ2) is 7.93. The summed E-state index contributed by atoms with van der Waals surface area (Å²) in [6.07, 6.45) is 7.35. The van der Waals surface area contributed by atoms with Gasteiger partial charge in [-0.2, -0.15) is 0 Å². The number of carbonyl (C=O) groups excluding carboxylic acids is 3. The van der Waals surface area contributed by atoms with E-state index in [1.807, 2.05) is 6.08 Å². The van der Waals surface area contributed by atoms with Crippen LogP contribution in [0.3, 0.4) is 0 Å². The summed E-state index contributed by atoms with van der Waals surface area (Å²) in [5.74, 6) is -1.26. The number of nitrogens with one attached hydrogen (secondary N) is 1. The topological polar surface area (TPSA) is 73.5 Å². The molecule has 0 radical (unpaired) electrons. The zero-order valence-corrected chi connectivity index (χ0v) is 17.1. The molecule has 2 aromatic rings. The highest BCUT2D eigenvalue weighted by Crippen LogP contribution is 2.27. The molecule has 1 saturated heterocycles. The van der Waals surface area contributed by atoms with E-state index in [2.05, 4.69) is 4.98 Å². The van der Waals surface area contributed by atoms with Gasteiger partial charge in [-0.3, -0.25) is 14.4 Å². The average molecular weight is 428 g/mol. The number of carbonyl (C=O) groups is 3. The number of aromatic nitrogens is 1. The first-order valence-corrected chi connectivity index (χ1v) is 10.0. The lowest BCUT2D eigenvalue weighted by molar-refractivity contribution is -0.134. The van der Waals surface area contributed by atoms with Gasteiger partial charge in [0.25, 0.3) is 11.7 Å². The minimum absolute atomic E-state index is 0.0708. The summed E-state index contributed by atoms with van der Waals surface area (Å²) in [7, 11) is 0. The van der Waals surface area contributed by atoms with E-state index in [1.54, 1.807) is 35.3 Å². The maximum atomic E-state index is 12.8. The van der Waals surface area contributed by atoms with Gasteiger partial charge in [-0.15, -0.1) is 0 Å². The van der Waals surface area contributed by atoms with E-state index in [1.165, 1.54) is 11.1 Å². The number of hydrogen-bond acceptors (Lipinski definition) is 4. The van der Waals surface area contributed by atoms with Crippen molar-refractivity contribution in [2.24, 2.45) is 0 Å². The number of rotatable bonds is 3. The van der Waals surface area contributed by atoms with Gasteiger partial charge in [0.1, 0.15) is 0 Å². The number of thiocarbonyl (C=S) groups is 1. The summed E-state index contributed by atoms with van der Waals surface area (Å²) in [5.41, 5.74) is 1.63. The smallest absolute Gasteiger partial charge is 0.295 e. The van der Waals surface area contributed by atoms with Crippen LogP contribution in [0.25, 0.3) is 10.9 Å². The summed E-state index contributed by atoms with van der Waals surface area (Å²) in [6, 6.07) is 5.26. The van der Waals surface area contributed by atoms with Gasteiger partial charge < -0.3 is 14.8 Å². The van der Waals surface area contributed by atoms with Crippen LogP contribution in [0.15, 0.2) is 48.2 Å². The number of ketones is 1. The third-order valence-electron chi connectivity index (χ3n) is 5.17. The molecule has 1 N–H and O–H groups in total. The molecule has 0 spiro atoms. The van der Waals surface area contributed by atoms with Gasteiger partial charge in [-0.1, -0.05) is 42.0 Å². The summed E-state index contributed by atoms with van der Waals surface area (Å²) in [4.78, 5) is 45.1. The fraction of sp³-hybridized carbons (Fsp3) is 0.238. The molecule has 0 unspecified atom stereocenters. The van der Waals surface area contributed by atoms with Crippen molar-refractivity contribution in [2.45, 2.75) is 6.42 Å². The molecule has 1 fully saturated rings. The SMILES string of the molecule is O=C(C(=O)N1CCN(C(=O)C2=CC=CC(=S)C2)CC1)c1c[nH]c2cccc(Cl)c12. The maximum absolute atomic E-state index is 12.8. The molecule has 148 valence electrons. The Morgan fingerprint density at radius 2 is 1.79 bits per heavy atom. The van der Waals surface area contributed by atoms with E-state index in [-0.39, 0.29) is 11.5 Å². The number of nitrogens with zero attached hydrogens (tertiary/aromatic N) is 2. The molecular formula is C21H18ClN3O3S. The van der Waals surface area contributed by atoms with Crippen LogP contribution in [0, 0.1) is 0 Å². The number of amides is 2. The Kier molecular flexibility index (Phi) is 5.34. The number of Topliss-reactive ketones (excluding diaryl/α,β-unsaturated/α-hetero) is 1. The van der Waals surface area contributed by atoms with Crippen LogP contribution in [0.1, 0.15) is 16.8 Å². The third kappa shape index (κ3) is 3.75. The standard InChI is InChI=1S/C21H18ClN3O3S/c22-16-5-2-6-17-18(16)15(12-23-17)19(26)21(28)25-9-7-24(8-10-25)20(27)13-3-1-4-14(29)11-13/h1-6,12,23H,7-11H2. The van der Waals surface area contributed by atoms with Crippen molar-refractivity contribution in [3.63, 3.8) is 0 Å². The van der Waals surface area contributed by atoms with E-state index >= 15 is 0 Å². The Morgan fingerprint density at radius 3 is 2.52 bits per heavy atom. The Hall–Kier alpha value is -2.77. The fourth-order valence-corrected chi connectivity index (χ4v) is 4.13. The number of halogens is 1. The van der Waals surface area contributed by atoms with Gasteiger partial charge in [0.15, 0.2) is 0 Å². The number of hydrogen-bond donors (Lipinski definition) is 1. The van der Waals surface area contributed by atoms with E-state index in [0.717, 1.165) is 4.86 Å². The number of aromatic amines is 1. The molecule has 1 aromatic heterocycles.